The molecule has 0 atom stereocenters. The molecule has 4 heteroatoms. The summed E-state index contributed by atoms with van der Waals surface area (Å²) in [6.45, 7) is 0. The molecule has 0 saturated carbocycles. The number of nitrogens with zero attached hydrogens (tertiary/aromatic N) is 4. The third-order valence-electron chi connectivity index (χ3n) is 2.91. The number of hydrogen-bond donors (Lipinski definition) is 0. The number of aromatic nitrogens is 3. The van der Waals surface area contributed by atoms with Gasteiger partial charge in [-0.2, -0.15) is 5.26 Å². The zero-order valence-corrected chi connectivity index (χ0v) is 10.4. The van der Waals surface area contributed by atoms with Crippen molar-refractivity contribution in [2.75, 3.05) is 0 Å². The van der Waals surface area contributed by atoms with Crippen LogP contribution in [0, 0.1) is 23.7 Å². The first-order chi connectivity index (χ1) is 9.81. The number of hydrogen-bond acceptors (Lipinski definition) is 4. The molecule has 0 aliphatic carbocycles. The van der Waals surface area contributed by atoms with Crippen molar-refractivity contribution < 1.29 is 0 Å². The van der Waals surface area contributed by atoms with E-state index in [0.717, 1.165) is 16.8 Å². The molecule has 4 nitrogen and oxygen atoms in total. The molecular weight excluding hydrogens is 248 g/mol. The summed E-state index contributed by atoms with van der Waals surface area (Å²) in [5.74, 6) is 2.59. The standard InChI is InChI=1S/C16H8N4/c1-2-11-4-3-5-12(8-11)13-6-7-14-16(20-13)15(9-17)19-10-18-14/h1,3-8,10H. The molecule has 0 fully saturated rings. The normalized spacial score (nSPS) is 9.90. The minimum absolute atomic E-state index is 0.268. The van der Waals surface area contributed by atoms with Crippen LogP contribution in [0.15, 0.2) is 42.7 Å². The van der Waals surface area contributed by atoms with Crippen molar-refractivity contribution in [3.63, 3.8) is 0 Å². The van der Waals surface area contributed by atoms with Crippen LogP contribution in [-0.4, -0.2) is 15.0 Å². The Morgan fingerprint density at radius 2 is 2.00 bits per heavy atom. The Kier molecular flexibility index (Phi) is 2.84. The maximum absolute atomic E-state index is 9.07. The van der Waals surface area contributed by atoms with E-state index >= 15 is 0 Å². The van der Waals surface area contributed by atoms with Crippen molar-refractivity contribution in [3.05, 3.63) is 54.0 Å². The molecule has 0 unspecified atom stereocenters. The second-order valence-electron chi connectivity index (χ2n) is 4.12. The Hall–Kier alpha value is -3.24. The number of rotatable bonds is 1. The van der Waals surface area contributed by atoms with Gasteiger partial charge in [-0.1, -0.05) is 18.1 Å². The number of pyridine rings is 1. The van der Waals surface area contributed by atoms with Gasteiger partial charge >= 0.3 is 0 Å². The number of benzene rings is 1. The fourth-order valence-electron chi connectivity index (χ4n) is 1.95. The second kappa shape index (κ2) is 4.79. The Labute approximate surface area is 115 Å². The molecule has 0 aliphatic heterocycles. The van der Waals surface area contributed by atoms with Gasteiger partial charge in [-0.15, -0.1) is 6.42 Å². The van der Waals surface area contributed by atoms with Crippen molar-refractivity contribution >= 4 is 11.0 Å². The molecular formula is C16H8N4. The molecule has 0 radical (unpaired) electrons. The average molecular weight is 256 g/mol. The molecule has 0 aliphatic rings. The number of terminal acetylenes is 1. The first-order valence-electron chi connectivity index (χ1n) is 5.91. The molecule has 3 aromatic rings. The van der Waals surface area contributed by atoms with E-state index in [-0.39, 0.29) is 5.69 Å². The summed E-state index contributed by atoms with van der Waals surface area (Å²) in [5, 5.41) is 9.07. The van der Waals surface area contributed by atoms with Gasteiger partial charge in [-0.3, -0.25) is 0 Å². The summed E-state index contributed by atoms with van der Waals surface area (Å²) in [6.07, 6.45) is 6.76. The van der Waals surface area contributed by atoms with Gasteiger partial charge < -0.3 is 0 Å². The Morgan fingerprint density at radius 3 is 2.80 bits per heavy atom. The summed E-state index contributed by atoms with van der Waals surface area (Å²) < 4.78 is 0. The van der Waals surface area contributed by atoms with E-state index in [2.05, 4.69) is 20.9 Å². The second-order valence-corrected chi connectivity index (χ2v) is 4.12. The predicted octanol–water partition coefficient (Wildman–Crippen LogP) is 2.54. The van der Waals surface area contributed by atoms with E-state index in [1.165, 1.54) is 6.33 Å². The highest BCUT2D eigenvalue weighted by Crippen LogP contribution is 2.21. The zero-order chi connectivity index (χ0) is 13.9. The lowest BCUT2D eigenvalue weighted by Crippen LogP contribution is -1.93. The highest BCUT2D eigenvalue weighted by molar-refractivity contribution is 5.81. The lowest BCUT2D eigenvalue weighted by Gasteiger charge is -2.04. The summed E-state index contributed by atoms with van der Waals surface area (Å²) in [4.78, 5) is 12.5. The van der Waals surface area contributed by atoms with Gasteiger partial charge in [-0.25, -0.2) is 15.0 Å². The van der Waals surface area contributed by atoms with Crippen LogP contribution in [0.1, 0.15) is 11.3 Å². The molecule has 2 heterocycles. The van der Waals surface area contributed by atoms with Crippen LogP contribution in [0.2, 0.25) is 0 Å². The Bertz CT molecular complexity index is 885. The lowest BCUT2D eigenvalue weighted by atomic mass is 10.1. The molecule has 1 aromatic carbocycles. The zero-order valence-electron chi connectivity index (χ0n) is 10.4. The lowest BCUT2D eigenvalue weighted by molar-refractivity contribution is 1.17. The molecule has 0 N–H and O–H groups in total. The van der Waals surface area contributed by atoms with Gasteiger partial charge in [0.1, 0.15) is 17.9 Å². The minimum atomic E-state index is 0.268. The number of fused-ring (bicyclic) bond motifs is 1. The van der Waals surface area contributed by atoms with E-state index in [9.17, 15) is 0 Å². The molecule has 20 heavy (non-hydrogen) atoms. The van der Waals surface area contributed by atoms with Crippen molar-refractivity contribution in [1.82, 2.24) is 15.0 Å². The highest BCUT2D eigenvalue weighted by Gasteiger charge is 2.07. The first kappa shape index (κ1) is 11.8. The van der Waals surface area contributed by atoms with E-state index in [1.807, 2.05) is 42.5 Å². The van der Waals surface area contributed by atoms with E-state index in [1.54, 1.807) is 0 Å². The topological polar surface area (TPSA) is 62.5 Å². The minimum Gasteiger partial charge on any atom is -0.243 e. The largest absolute Gasteiger partial charge is 0.243 e. The monoisotopic (exact) mass is 256 g/mol. The summed E-state index contributed by atoms with van der Waals surface area (Å²) >= 11 is 0. The summed E-state index contributed by atoms with van der Waals surface area (Å²) in [6, 6.07) is 13.2. The third-order valence-corrected chi connectivity index (χ3v) is 2.91. The number of nitriles is 1. The van der Waals surface area contributed by atoms with Crippen LogP contribution in [-0.2, 0) is 0 Å². The van der Waals surface area contributed by atoms with Crippen LogP contribution >= 0.6 is 0 Å². The summed E-state index contributed by atoms with van der Waals surface area (Å²) in [7, 11) is 0. The van der Waals surface area contributed by atoms with Crippen LogP contribution in [0.25, 0.3) is 22.3 Å². The van der Waals surface area contributed by atoms with Gasteiger partial charge in [0.2, 0.25) is 0 Å². The smallest absolute Gasteiger partial charge is 0.170 e. The SMILES string of the molecule is C#Cc1cccc(-c2ccc3ncnc(C#N)c3n2)c1. The van der Waals surface area contributed by atoms with Crippen molar-refractivity contribution in [1.29, 1.82) is 5.26 Å². The first-order valence-corrected chi connectivity index (χ1v) is 5.91. The van der Waals surface area contributed by atoms with Gasteiger partial charge in [0, 0.05) is 11.1 Å². The molecule has 2 aromatic heterocycles. The van der Waals surface area contributed by atoms with Crippen molar-refractivity contribution in [2.24, 2.45) is 0 Å². The fraction of sp³-hybridized carbons (Fsp3) is 0. The van der Waals surface area contributed by atoms with Crippen LogP contribution in [0.3, 0.4) is 0 Å². The summed E-state index contributed by atoms with van der Waals surface area (Å²) in [5.41, 5.74) is 3.84. The predicted molar refractivity (Wildman–Crippen MR) is 75.4 cm³/mol. The van der Waals surface area contributed by atoms with Gasteiger partial charge in [0.05, 0.1) is 11.2 Å². The maximum Gasteiger partial charge on any atom is 0.170 e. The van der Waals surface area contributed by atoms with Crippen LogP contribution in [0.4, 0.5) is 0 Å². The molecule has 0 spiro atoms. The molecule has 0 amide bonds. The fourth-order valence-corrected chi connectivity index (χ4v) is 1.95. The molecule has 3 rings (SSSR count). The Morgan fingerprint density at radius 1 is 1.10 bits per heavy atom. The van der Waals surface area contributed by atoms with Crippen LogP contribution < -0.4 is 0 Å². The van der Waals surface area contributed by atoms with Crippen LogP contribution in [0.5, 0.6) is 0 Å². The van der Waals surface area contributed by atoms with E-state index in [4.69, 9.17) is 11.7 Å². The average Bonchev–Trinajstić information content (AvgIpc) is 2.53. The van der Waals surface area contributed by atoms with Crippen molar-refractivity contribution in [2.45, 2.75) is 0 Å². The third kappa shape index (κ3) is 1.96. The van der Waals surface area contributed by atoms with Crippen molar-refractivity contribution in [3.8, 4) is 29.7 Å². The van der Waals surface area contributed by atoms with Gasteiger partial charge in [0.15, 0.2) is 5.69 Å². The Balaban J connectivity index is 2.23. The molecule has 92 valence electrons. The van der Waals surface area contributed by atoms with E-state index < -0.39 is 0 Å². The molecule has 0 bridgehead atoms. The highest BCUT2D eigenvalue weighted by atomic mass is 14.9. The van der Waals surface area contributed by atoms with Gasteiger partial charge in [-0.05, 0) is 24.3 Å². The molecule has 0 saturated heterocycles. The van der Waals surface area contributed by atoms with E-state index in [0.29, 0.717) is 11.0 Å². The quantitative estimate of drug-likeness (QED) is 0.628. The van der Waals surface area contributed by atoms with Gasteiger partial charge in [0.25, 0.3) is 0 Å². The maximum atomic E-state index is 9.07.